The van der Waals surface area contributed by atoms with Gasteiger partial charge in [0.1, 0.15) is 10.9 Å². The van der Waals surface area contributed by atoms with E-state index in [4.69, 9.17) is 11.6 Å². The summed E-state index contributed by atoms with van der Waals surface area (Å²) in [5, 5.41) is 1.65. The minimum atomic E-state index is -4.51. The van der Waals surface area contributed by atoms with Crippen LogP contribution < -0.4 is 5.32 Å². The summed E-state index contributed by atoms with van der Waals surface area (Å²) in [4.78, 5) is 26.5. The molecule has 0 bridgehead atoms. The maximum absolute atomic E-state index is 13.6. The maximum Gasteiger partial charge on any atom is 0.416 e. The number of rotatable bonds is 3. The molecule has 29 heavy (non-hydrogen) atoms. The molecule has 0 aliphatic carbocycles. The molecule has 1 heterocycles. The van der Waals surface area contributed by atoms with Crippen molar-refractivity contribution in [3.8, 4) is 0 Å². The smallest absolute Gasteiger partial charge is 0.344 e. The number of amides is 2. The molecule has 0 unspecified atom stereocenters. The van der Waals surface area contributed by atoms with E-state index in [-0.39, 0.29) is 12.2 Å². The summed E-state index contributed by atoms with van der Waals surface area (Å²) in [6.07, 6.45) is -4.51. The quantitative estimate of drug-likeness (QED) is 0.442. The van der Waals surface area contributed by atoms with Crippen LogP contribution >= 0.6 is 11.6 Å². The normalized spacial score (nSPS) is 19.6. The number of nitrogens with one attached hydrogen (secondary N) is 1. The number of anilines is 1. The fourth-order valence-corrected chi connectivity index (χ4v) is 3.45. The number of carbonyl (C=O) groups excluding carboxylic acids is 2. The largest absolute Gasteiger partial charge is 0.416 e. The van der Waals surface area contributed by atoms with E-state index in [0.29, 0.717) is 5.56 Å². The molecule has 2 amide bonds. The van der Waals surface area contributed by atoms with E-state index >= 15 is 0 Å². The molecule has 1 aliphatic heterocycles. The Labute approximate surface area is 167 Å². The SMILES string of the molecule is CN1C[C@@H](c2ccc(C(F)(F)F)cc2)[C@H](C(=O)Nc2ccc(F)c(F)c2Cl)C1=O. The summed E-state index contributed by atoms with van der Waals surface area (Å²) >= 11 is 5.70. The maximum atomic E-state index is 13.6. The fraction of sp³-hybridized carbons (Fsp3) is 0.263. The van der Waals surface area contributed by atoms with E-state index in [9.17, 15) is 31.5 Å². The number of alkyl halides is 3. The van der Waals surface area contributed by atoms with E-state index in [1.54, 1.807) is 0 Å². The molecule has 0 saturated carbocycles. The number of likely N-dealkylation sites (tertiary alicyclic amines) is 1. The zero-order valence-electron chi connectivity index (χ0n) is 14.9. The van der Waals surface area contributed by atoms with E-state index in [2.05, 4.69) is 5.32 Å². The number of likely N-dealkylation sites (N-methyl/N-ethyl adjacent to an activating group) is 1. The lowest BCUT2D eigenvalue weighted by Gasteiger charge is -2.18. The molecule has 3 rings (SSSR count). The molecule has 1 N–H and O–H groups in total. The summed E-state index contributed by atoms with van der Waals surface area (Å²) in [5.41, 5.74) is -0.704. The van der Waals surface area contributed by atoms with Crippen LogP contribution in [-0.2, 0) is 15.8 Å². The van der Waals surface area contributed by atoms with E-state index in [0.717, 1.165) is 24.3 Å². The molecule has 0 spiro atoms. The van der Waals surface area contributed by atoms with Crippen LogP contribution in [0.5, 0.6) is 0 Å². The summed E-state index contributed by atoms with van der Waals surface area (Å²) in [5.74, 6) is -5.91. The van der Waals surface area contributed by atoms with Crippen LogP contribution in [-0.4, -0.2) is 30.3 Å². The van der Waals surface area contributed by atoms with E-state index in [1.807, 2.05) is 0 Å². The molecule has 0 aromatic heterocycles. The minimum absolute atomic E-state index is 0.105. The number of nitrogens with zero attached hydrogens (tertiary/aromatic N) is 1. The predicted molar refractivity (Wildman–Crippen MR) is 95.3 cm³/mol. The second-order valence-corrected chi connectivity index (χ2v) is 7.01. The first-order chi connectivity index (χ1) is 13.5. The van der Waals surface area contributed by atoms with Crippen LogP contribution in [0.1, 0.15) is 17.0 Å². The highest BCUT2D eigenvalue weighted by molar-refractivity contribution is 6.34. The molecule has 4 nitrogen and oxygen atoms in total. The number of carbonyl (C=O) groups is 2. The molecule has 2 aromatic rings. The Kier molecular flexibility index (Phi) is 5.53. The second-order valence-electron chi connectivity index (χ2n) is 6.63. The Morgan fingerprint density at radius 2 is 1.76 bits per heavy atom. The van der Waals surface area contributed by atoms with Crippen LogP contribution in [0.3, 0.4) is 0 Å². The summed E-state index contributed by atoms with van der Waals surface area (Å²) in [7, 11) is 1.46. The molecule has 10 heteroatoms. The fourth-order valence-electron chi connectivity index (χ4n) is 3.24. The molecule has 1 saturated heterocycles. The van der Waals surface area contributed by atoms with Crippen molar-refractivity contribution in [2.75, 3.05) is 18.9 Å². The van der Waals surface area contributed by atoms with Crippen LogP contribution in [0.15, 0.2) is 36.4 Å². The number of hydrogen-bond donors (Lipinski definition) is 1. The van der Waals surface area contributed by atoms with Gasteiger partial charge in [-0.25, -0.2) is 8.78 Å². The second kappa shape index (κ2) is 7.62. The number of hydrogen-bond acceptors (Lipinski definition) is 2. The van der Waals surface area contributed by atoms with Crippen LogP contribution in [0.2, 0.25) is 5.02 Å². The third-order valence-corrected chi connectivity index (χ3v) is 5.13. The summed E-state index contributed by atoms with van der Waals surface area (Å²) in [6.45, 7) is 0.105. The monoisotopic (exact) mass is 432 g/mol. The lowest BCUT2D eigenvalue weighted by Crippen LogP contribution is -2.32. The lowest BCUT2D eigenvalue weighted by atomic mass is 9.87. The van der Waals surface area contributed by atoms with Crippen molar-refractivity contribution >= 4 is 29.1 Å². The van der Waals surface area contributed by atoms with Gasteiger partial charge >= 0.3 is 6.18 Å². The molecular formula is C19H14ClF5N2O2. The third kappa shape index (κ3) is 4.05. The van der Waals surface area contributed by atoms with Gasteiger partial charge in [0.15, 0.2) is 11.6 Å². The summed E-state index contributed by atoms with van der Waals surface area (Å²) in [6, 6.07) is 6.00. The lowest BCUT2D eigenvalue weighted by molar-refractivity contribution is -0.138. The molecule has 2 aromatic carbocycles. The van der Waals surface area contributed by atoms with E-state index in [1.165, 1.54) is 24.1 Å². The van der Waals surface area contributed by atoms with Crippen LogP contribution in [0.25, 0.3) is 0 Å². The van der Waals surface area contributed by atoms with Crippen molar-refractivity contribution in [2.24, 2.45) is 5.92 Å². The van der Waals surface area contributed by atoms with Crippen molar-refractivity contribution in [2.45, 2.75) is 12.1 Å². The zero-order valence-corrected chi connectivity index (χ0v) is 15.6. The molecule has 1 fully saturated rings. The Bertz CT molecular complexity index is 962. The highest BCUT2D eigenvalue weighted by atomic mass is 35.5. The first kappa shape index (κ1) is 21.0. The highest BCUT2D eigenvalue weighted by Gasteiger charge is 2.44. The van der Waals surface area contributed by atoms with Gasteiger partial charge in [0.05, 0.1) is 11.3 Å². The van der Waals surface area contributed by atoms with Crippen molar-refractivity contribution < 1.29 is 31.5 Å². The van der Waals surface area contributed by atoms with Gasteiger partial charge in [-0.1, -0.05) is 23.7 Å². The third-order valence-electron chi connectivity index (χ3n) is 4.76. The zero-order chi connectivity index (χ0) is 21.5. The Balaban J connectivity index is 1.88. The molecule has 0 radical (unpaired) electrons. The molecular weight excluding hydrogens is 419 g/mol. The van der Waals surface area contributed by atoms with Crippen molar-refractivity contribution in [3.63, 3.8) is 0 Å². The minimum Gasteiger partial charge on any atom is -0.344 e. The van der Waals surface area contributed by atoms with Gasteiger partial charge in [-0.2, -0.15) is 13.2 Å². The Morgan fingerprint density at radius 1 is 1.14 bits per heavy atom. The van der Waals surface area contributed by atoms with Crippen molar-refractivity contribution in [1.29, 1.82) is 0 Å². The Hall–Kier alpha value is -2.68. The average molecular weight is 433 g/mol. The van der Waals surface area contributed by atoms with Gasteiger partial charge < -0.3 is 10.2 Å². The van der Waals surface area contributed by atoms with Gasteiger partial charge in [0, 0.05) is 19.5 Å². The van der Waals surface area contributed by atoms with Crippen molar-refractivity contribution in [3.05, 3.63) is 64.2 Å². The molecule has 1 aliphatic rings. The number of halogens is 6. The highest BCUT2D eigenvalue weighted by Crippen LogP contribution is 2.37. The number of benzene rings is 2. The van der Waals surface area contributed by atoms with Gasteiger partial charge in [-0.3, -0.25) is 9.59 Å². The van der Waals surface area contributed by atoms with Crippen LogP contribution in [0.4, 0.5) is 27.6 Å². The average Bonchev–Trinajstić information content (AvgIpc) is 2.96. The van der Waals surface area contributed by atoms with Crippen LogP contribution in [0, 0.1) is 17.6 Å². The van der Waals surface area contributed by atoms with Crippen molar-refractivity contribution in [1.82, 2.24) is 4.90 Å². The molecule has 2 atom stereocenters. The topological polar surface area (TPSA) is 49.4 Å². The first-order valence-electron chi connectivity index (χ1n) is 8.37. The van der Waals surface area contributed by atoms with Gasteiger partial charge in [0.25, 0.3) is 0 Å². The predicted octanol–water partition coefficient (Wildman–Crippen LogP) is 4.45. The van der Waals surface area contributed by atoms with Gasteiger partial charge in [0.2, 0.25) is 11.8 Å². The summed E-state index contributed by atoms with van der Waals surface area (Å²) < 4.78 is 65.1. The van der Waals surface area contributed by atoms with Gasteiger partial charge in [-0.05, 0) is 29.8 Å². The molecule has 154 valence electrons. The Morgan fingerprint density at radius 3 is 2.34 bits per heavy atom. The first-order valence-corrected chi connectivity index (χ1v) is 8.75. The van der Waals surface area contributed by atoms with E-state index < -0.39 is 52.0 Å². The standard InChI is InChI=1S/C19H14ClF5N2O2/c1-27-8-11(9-2-4-10(5-3-9)19(23,24)25)14(18(27)29)17(28)26-13-7-6-12(21)16(22)15(13)20/h2-7,11,14H,8H2,1H3,(H,26,28)/t11-,14+/m0/s1. The van der Waals surface area contributed by atoms with Gasteiger partial charge in [-0.15, -0.1) is 0 Å².